The van der Waals surface area contributed by atoms with Crippen molar-refractivity contribution >= 4 is 35.2 Å². The number of hydrogen-bond acceptors (Lipinski definition) is 3. The van der Waals surface area contributed by atoms with Gasteiger partial charge >= 0.3 is 5.97 Å². The molecule has 0 spiro atoms. The molecule has 0 aromatic heterocycles. The average molecular weight is 318 g/mol. The molecule has 4 nitrogen and oxygen atoms in total. The Morgan fingerprint density at radius 1 is 1.50 bits per heavy atom. The topological polar surface area (TPSA) is 66.4 Å². The summed E-state index contributed by atoms with van der Waals surface area (Å²) in [6, 6.07) is 4.16. The van der Waals surface area contributed by atoms with E-state index in [-0.39, 0.29) is 17.0 Å². The molecule has 0 aliphatic carbocycles. The maximum absolute atomic E-state index is 13.6. The normalized spacial score (nSPS) is 21.7. The van der Waals surface area contributed by atoms with Gasteiger partial charge in [-0.15, -0.1) is 0 Å². The molecule has 1 aromatic carbocycles. The Labute approximate surface area is 124 Å². The number of nitrogens with one attached hydrogen (secondary N) is 1. The molecule has 1 amide bonds. The smallest absolute Gasteiger partial charge is 0.330 e. The molecule has 1 aliphatic heterocycles. The van der Waals surface area contributed by atoms with Crippen molar-refractivity contribution in [1.82, 2.24) is 5.32 Å². The first-order valence-electron chi connectivity index (χ1n) is 6.00. The first-order chi connectivity index (χ1) is 9.44. The summed E-state index contributed by atoms with van der Waals surface area (Å²) >= 11 is 7.32. The zero-order chi connectivity index (χ0) is 14.8. The van der Waals surface area contributed by atoms with Crippen LogP contribution in [0.3, 0.4) is 0 Å². The molecule has 7 heteroatoms. The number of aliphatic carboxylic acids is 1. The van der Waals surface area contributed by atoms with E-state index in [1.165, 1.54) is 30.0 Å². The van der Waals surface area contributed by atoms with E-state index in [0.29, 0.717) is 17.9 Å². The van der Waals surface area contributed by atoms with Gasteiger partial charge < -0.3 is 10.4 Å². The van der Waals surface area contributed by atoms with E-state index in [4.69, 9.17) is 11.6 Å². The van der Waals surface area contributed by atoms with E-state index in [9.17, 15) is 19.1 Å². The molecule has 1 aliphatic rings. The minimum absolute atomic E-state index is 0.0813. The van der Waals surface area contributed by atoms with Gasteiger partial charge in [0.05, 0.1) is 6.42 Å². The van der Waals surface area contributed by atoms with Gasteiger partial charge in [0.15, 0.2) is 0 Å². The van der Waals surface area contributed by atoms with Crippen LogP contribution in [0, 0.1) is 5.82 Å². The number of amides is 1. The van der Waals surface area contributed by atoms with Gasteiger partial charge in [0.1, 0.15) is 11.4 Å². The molecule has 0 radical (unpaired) electrons. The van der Waals surface area contributed by atoms with Crippen molar-refractivity contribution in [3.8, 4) is 0 Å². The molecule has 0 unspecified atom stereocenters. The number of thioether (sulfide) groups is 1. The highest BCUT2D eigenvalue weighted by Crippen LogP contribution is 2.28. The third kappa shape index (κ3) is 3.07. The second-order valence-corrected chi connectivity index (χ2v) is 6.13. The second-order valence-electron chi connectivity index (χ2n) is 4.62. The lowest BCUT2D eigenvalue weighted by atomic mass is 9.98. The van der Waals surface area contributed by atoms with Gasteiger partial charge in [-0.25, -0.2) is 9.18 Å². The lowest BCUT2D eigenvalue weighted by Gasteiger charge is -2.24. The highest BCUT2D eigenvalue weighted by molar-refractivity contribution is 7.99. The van der Waals surface area contributed by atoms with Crippen LogP contribution >= 0.6 is 23.4 Å². The lowest BCUT2D eigenvalue weighted by Crippen LogP contribution is -2.55. The Balaban J connectivity index is 2.11. The van der Waals surface area contributed by atoms with Gasteiger partial charge in [0.2, 0.25) is 5.91 Å². The van der Waals surface area contributed by atoms with Crippen LogP contribution in [0.5, 0.6) is 0 Å². The fourth-order valence-electron chi connectivity index (χ4n) is 2.06. The summed E-state index contributed by atoms with van der Waals surface area (Å²) in [5, 5.41) is 11.9. The molecule has 0 bridgehead atoms. The van der Waals surface area contributed by atoms with E-state index < -0.39 is 23.2 Å². The number of carbonyl (C=O) groups excluding carboxylic acids is 1. The van der Waals surface area contributed by atoms with E-state index in [1.54, 1.807) is 0 Å². The van der Waals surface area contributed by atoms with Crippen molar-refractivity contribution in [2.24, 2.45) is 0 Å². The number of benzene rings is 1. The molecule has 108 valence electrons. The van der Waals surface area contributed by atoms with Gasteiger partial charge in [0.25, 0.3) is 0 Å². The maximum atomic E-state index is 13.6. The Morgan fingerprint density at radius 3 is 2.80 bits per heavy atom. The Kier molecular flexibility index (Phi) is 4.55. The van der Waals surface area contributed by atoms with Gasteiger partial charge in [-0.05, 0) is 24.3 Å². The zero-order valence-electron chi connectivity index (χ0n) is 10.5. The van der Waals surface area contributed by atoms with Crippen LogP contribution in [-0.2, 0) is 16.0 Å². The quantitative estimate of drug-likeness (QED) is 0.892. The molecular formula is C13H13ClFNO3S. The van der Waals surface area contributed by atoms with Crippen LogP contribution in [0.4, 0.5) is 4.39 Å². The summed E-state index contributed by atoms with van der Waals surface area (Å²) in [4.78, 5) is 23.3. The van der Waals surface area contributed by atoms with Crippen molar-refractivity contribution in [3.63, 3.8) is 0 Å². The number of carboxylic acids is 1. The highest BCUT2D eigenvalue weighted by Gasteiger charge is 2.43. The fraction of sp³-hybridized carbons (Fsp3) is 0.385. The van der Waals surface area contributed by atoms with Crippen LogP contribution in [0.25, 0.3) is 0 Å². The maximum Gasteiger partial charge on any atom is 0.330 e. The summed E-state index contributed by atoms with van der Waals surface area (Å²) in [5.74, 6) is -1.18. The summed E-state index contributed by atoms with van der Waals surface area (Å²) in [6.07, 6.45) is 0.0922. The van der Waals surface area contributed by atoms with Crippen LogP contribution in [0.2, 0.25) is 5.02 Å². The number of carboxylic acid groups (broad SMARTS) is 1. The predicted molar refractivity (Wildman–Crippen MR) is 75.6 cm³/mol. The highest BCUT2D eigenvalue weighted by atomic mass is 35.5. The van der Waals surface area contributed by atoms with E-state index >= 15 is 0 Å². The van der Waals surface area contributed by atoms with Crippen molar-refractivity contribution in [1.29, 1.82) is 0 Å². The van der Waals surface area contributed by atoms with Crippen molar-refractivity contribution < 1.29 is 19.1 Å². The SMILES string of the molecule is O=C(Cc1c(F)cccc1Cl)N[C@@]1(C(=O)O)CCSC1. The summed E-state index contributed by atoms with van der Waals surface area (Å²) in [6.45, 7) is 0. The monoisotopic (exact) mass is 317 g/mol. The minimum atomic E-state index is -1.25. The minimum Gasteiger partial charge on any atom is -0.479 e. The first-order valence-corrected chi connectivity index (χ1v) is 7.53. The number of rotatable bonds is 4. The molecule has 1 saturated heterocycles. The van der Waals surface area contributed by atoms with Gasteiger partial charge in [-0.1, -0.05) is 17.7 Å². The van der Waals surface area contributed by atoms with Crippen LogP contribution in [0.1, 0.15) is 12.0 Å². The third-order valence-corrected chi connectivity index (χ3v) is 4.75. The Bertz CT molecular complexity index is 526. The summed E-state index contributed by atoms with van der Waals surface area (Å²) in [5.41, 5.74) is -1.17. The van der Waals surface area contributed by atoms with Gasteiger partial charge in [-0.3, -0.25) is 4.79 Å². The standard InChI is InChI=1S/C13H13ClFNO3S/c14-9-2-1-3-10(15)8(9)6-11(17)16-13(12(18)19)4-5-20-7-13/h1-3H,4-7H2,(H,16,17)(H,18,19)/t13-/m0/s1. The number of carbonyl (C=O) groups is 2. The zero-order valence-corrected chi connectivity index (χ0v) is 12.1. The summed E-state index contributed by atoms with van der Waals surface area (Å²) in [7, 11) is 0. The largest absolute Gasteiger partial charge is 0.479 e. The third-order valence-electron chi connectivity index (χ3n) is 3.21. The van der Waals surface area contributed by atoms with Crippen molar-refractivity contribution in [2.75, 3.05) is 11.5 Å². The fourth-order valence-corrected chi connectivity index (χ4v) is 3.61. The van der Waals surface area contributed by atoms with E-state index in [1.807, 2.05) is 0 Å². The Hall–Kier alpha value is -1.27. The van der Waals surface area contributed by atoms with Crippen LogP contribution < -0.4 is 5.32 Å². The van der Waals surface area contributed by atoms with E-state index in [0.717, 1.165) is 0 Å². The lowest BCUT2D eigenvalue weighted by molar-refractivity contribution is -0.146. The molecule has 1 heterocycles. The molecule has 1 fully saturated rings. The van der Waals surface area contributed by atoms with Crippen molar-refractivity contribution in [2.45, 2.75) is 18.4 Å². The molecule has 20 heavy (non-hydrogen) atoms. The van der Waals surface area contributed by atoms with Crippen molar-refractivity contribution in [3.05, 3.63) is 34.6 Å². The molecule has 2 N–H and O–H groups in total. The molecular weight excluding hydrogens is 305 g/mol. The molecule has 1 aromatic rings. The molecule has 1 atom stereocenters. The van der Waals surface area contributed by atoms with Gasteiger partial charge in [-0.2, -0.15) is 11.8 Å². The predicted octanol–water partition coefficient (Wildman–Crippen LogP) is 2.10. The first kappa shape index (κ1) is 15.1. The molecule has 2 rings (SSSR count). The van der Waals surface area contributed by atoms with Gasteiger partial charge in [0, 0.05) is 16.3 Å². The number of halogens is 2. The molecule has 0 saturated carbocycles. The van der Waals surface area contributed by atoms with E-state index in [2.05, 4.69) is 5.32 Å². The summed E-state index contributed by atoms with van der Waals surface area (Å²) < 4.78 is 13.6. The van der Waals surface area contributed by atoms with Crippen LogP contribution in [-0.4, -0.2) is 34.0 Å². The van der Waals surface area contributed by atoms with Crippen LogP contribution in [0.15, 0.2) is 18.2 Å². The Morgan fingerprint density at radius 2 is 2.25 bits per heavy atom. The second kappa shape index (κ2) is 6.01. The number of hydrogen-bond donors (Lipinski definition) is 2. The average Bonchev–Trinajstić information content (AvgIpc) is 2.84.